The van der Waals surface area contributed by atoms with E-state index in [0.29, 0.717) is 19.0 Å². The van der Waals surface area contributed by atoms with Gasteiger partial charge in [0.05, 0.1) is 0 Å². The molecule has 1 atom stereocenters. The molecule has 0 bridgehead atoms. The van der Waals surface area contributed by atoms with Crippen LogP contribution in [-0.2, 0) is 4.79 Å². The van der Waals surface area contributed by atoms with Crippen LogP contribution in [0.15, 0.2) is 18.2 Å². The molecule has 1 aromatic rings. The van der Waals surface area contributed by atoms with Crippen LogP contribution in [0.4, 0.5) is 8.78 Å². The summed E-state index contributed by atoms with van der Waals surface area (Å²) in [5.41, 5.74) is 0. The third-order valence-corrected chi connectivity index (χ3v) is 4.16. The lowest BCUT2D eigenvalue weighted by Crippen LogP contribution is -2.45. The van der Waals surface area contributed by atoms with Crippen molar-refractivity contribution in [2.24, 2.45) is 5.92 Å². The number of likely N-dealkylation sites (tertiary alicyclic amines) is 1. The monoisotopic (exact) mass is 326 g/mol. The van der Waals surface area contributed by atoms with Crippen molar-refractivity contribution < 1.29 is 18.3 Å². The van der Waals surface area contributed by atoms with E-state index in [1.807, 2.05) is 0 Å². The summed E-state index contributed by atoms with van der Waals surface area (Å²) in [4.78, 5) is 14.2. The normalized spacial score (nSPS) is 17.1. The maximum absolute atomic E-state index is 13.2. The molecule has 1 aromatic carbocycles. The Hall–Kier alpha value is -1.69. The minimum absolute atomic E-state index is 0.114. The molecular weight excluding hydrogens is 302 g/mol. The average molecular weight is 326 g/mol. The Labute approximate surface area is 135 Å². The molecule has 1 saturated heterocycles. The lowest BCUT2D eigenvalue weighted by Gasteiger charge is -2.33. The number of amides is 1. The second-order valence-corrected chi connectivity index (χ2v) is 5.91. The second kappa shape index (κ2) is 8.24. The molecule has 128 valence electrons. The predicted molar refractivity (Wildman–Crippen MR) is 84.3 cm³/mol. The van der Waals surface area contributed by atoms with E-state index in [1.54, 1.807) is 11.8 Å². The number of hydrogen-bond acceptors (Lipinski definition) is 3. The maximum atomic E-state index is 13.2. The fraction of sp³-hybridized carbons (Fsp3) is 0.588. The zero-order valence-corrected chi connectivity index (χ0v) is 13.6. The van der Waals surface area contributed by atoms with Gasteiger partial charge in [0.2, 0.25) is 0 Å². The van der Waals surface area contributed by atoms with E-state index in [2.05, 4.69) is 12.2 Å². The molecule has 1 aliphatic rings. The molecule has 1 N–H and O–H groups in total. The Morgan fingerprint density at radius 3 is 2.65 bits per heavy atom. The summed E-state index contributed by atoms with van der Waals surface area (Å²) in [6.45, 7) is 7.07. The average Bonchev–Trinajstić information content (AvgIpc) is 2.56. The largest absolute Gasteiger partial charge is 0.481 e. The minimum Gasteiger partial charge on any atom is -0.481 e. The topological polar surface area (TPSA) is 41.6 Å². The zero-order chi connectivity index (χ0) is 16.8. The van der Waals surface area contributed by atoms with Gasteiger partial charge in [0.1, 0.15) is 5.75 Å². The SMILES string of the molecule is CCNCC1CCN(C(=O)C(C)Oc2ccc(F)c(F)c2)CC1. The van der Waals surface area contributed by atoms with Crippen molar-refractivity contribution in [1.82, 2.24) is 10.2 Å². The highest BCUT2D eigenvalue weighted by atomic mass is 19.2. The van der Waals surface area contributed by atoms with Gasteiger partial charge in [-0.15, -0.1) is 0 Å². The number of benzene rings is 1. The summed E-state index contributed by atoms with van der Waals surface area (Å²) >= 11 is 0. The smallest absolute Gasteiger partial charge is 0.263 e. The summed E-state index contributed by atoms with van der Waals surface area (Å²) in [5.74, 6) is -1.27. The van der Waals surface area contributed by atoms with Gasteiger partial charge in [0, 0.05) is 19.2 Å². The number of rotatable bonds is 6. The standard InChI is InChI=1S/C17H24F2N2O2/c1-3-20-11-13-6-8-21(9-7-13)17(22)12(2)23-14-4-5-15(18)16(19)10-14/h4-5,10,12-13,20H,3,6-9,11H2,1-2H3. The first-order chi connectivity index (χ1) is 11.0. The second-order valence-electron chi connectivity index (χ2n) is 5.91. The van der Waals surface area contributed by atoms with Crippen molar-refractivity contribution in [1.29, 1.82) is 0 Å². The summed E-state index contributed by atoms with van der Waals surface area (Å²) in [6, 6.07) is 3.28. The molecule has 1 aliphatic heterocycles. The first-order valence-electron chi connectivity index (χ1n) is 8.12. The van der Waals surface area contributed by atoms with Gasteiger partial charge in [-0.05, 0) is 50.9 Å². The number of nitrogens with zero attached hydrogens (tertiary/aromatic N) is 1. The highest BCUT2D eigenvalue weighted by Gasteiger charge is 2.27. The number of ether oxygens (including phenoxy) is 1. The highest BCUT2D eigenvalue weighted by molar-refractivity contribution is 5.81. The van der Waals surface area contributed by atoms with Crippen LogP contribution in [0.1, 0.15) is 26.7 Å². The zero-order valence-electron chi connectivity index (χ0n) is 13.6. The van der Waals surface area contributed by atoms with Crippen LogP contribution in [0.2, 0.25) is 0 Å². The van der Waals surface area contributed by atoms with Gasteiger partial charge in [-0.25, -0.2) is 8.78 Å². The van der Waals surface area contributed by atoms with Crippen LogP contribution in [-0.4, -0.2) is 43.1 Å². The third-order valence-electron chi connectivity index (χ3n) is 4.16. The molecular formula is C17H24F2N2O2. The Bertz CT molecular complexity index is 531. The fourth-order valence-electron chi connectivity index (χ4n) is 2.77. The fourth-order valence-corrected chi connectivity index (χ4v) is 2.77. The first-order valence-corrected chi connectivity index (χ1v) is 8.12. The Morgan fingerprint density at radius 1 is 1.35 bits per heavy atom. The van der Waals surface area contributed by atoms with Crippen LogP contribution in [0.5, 0.6) is 5.75 Å². The summed E-state index contributed by atoms with van der Waals surface area (Å²) < 4.78 is 31.5. The van der Waals surface area contributed by atoms with Gasteiger partial charge >= 0.3 is 0 Å². The van der Waals surface area contributed by atoms with Crippen molar-refractivity contribution in [3.63, 3.8) is 0 Å². The number of carbonyl (C=O) groups excluding carboxylic acids is 1. The lowest BCUT2D eigenvalue weighted by atomic mass is 9.96. The molecule has 0 aliphatic carbocycles. The predicted octanol–water partition coefficient (Wildman–Crippen LogP) is 2.58. The Morgan fingerprint density at radius 2 is 2.04 bits per heavy atom. The van der Waals surface area contributed by atoms with E-state index in [-0.39, 0.29) is 11.7 Å². The first kappa shape index (κ1) is 17.7. The molecule has 0 aromatic heterocycles. The molecule has 6 heteroatoms. The minimum atomic E-state index is -0.980. The van der Waals surface area contributed by atoms with Crippen molar-refractivity contribution in [2.75, 3.05) is 26.2 Å². The molecule has 1 unspecified atom stereocenters. The Kier molecular flexibility index (Phi) is 6.33. The van der Waals surface area contributed by atoms with Crippen molar-refractivity contribution in [2.45, 2.75) is 32.8 Å². The van der Waals surface area contributed by atoms with Crippen LogP contribution in [0, 0.1) is 17.6 Å². The maximum Gasteiger partial charge on any atom is 0.263 e. The van der Waals surface area contributed by atoms with E-state index in [1.165, 1.54) is 6.07 Å². The van der Waals surface area contributed by atoms with Crippen molar-refractivity contribution in [3.8, 4) is 5.75 Å². The van der Waals surface area contributed by atoms with Gasteiger partial charge in [-0.3, -0.25) is 4.79 Å². The molecule has 0 spiro atoms. The van der Waals surface area contributed by atoms with Gasteiger partial charge in [-0.2, -0.15) is 0 Å². The highest BCUT2D eigenvalue weighted by Crippen LogP contribution is 2.20. The summed E-state index contributed by atoms with van der Waals surface area (Å²) in [7, 11) is 0. The van der Waals surface area contributed by atoms with Gasteiger partial charge in [0.25, 0.3) is 5.91 Å². The summed E-state index contributed by atoms with van der Waals surface area (Å²) in [5, 5.41) is 3.33. The number of hydrogen-bond donors (Lipinski definition) is 1. The van der Waals surface area contributed by atoms with Crippen LogP contribution in [0.3, 0.4) is 0 Å². The van der Waals surface area contributed by atoms with E-state index < -0.39 is 17.7 Å². The number of halogens is 2. The van der Waals surface area contributed by atoms with E-state index >= 15 is 0 Å². The molecule has 23 heavy (non-hydrogen) atoms. The molecule has 1 amide bonds. The molecule has 1 heterocycles. The quantitative estimate of drug-likeness (QED) is 0.874. The number of nitrogens with one attached hydrogen (secondary N) is 1. The van der Waals surface area contributed by atoms with Gasteiger partial charge in [0.15, 0.2) is 17.7 Å². The summed E-state index contributed by atoms with van der Waals surface area (Å²) in [6.07, 6.45) is 1.22. The van der Waals surface area contributed by atoms with Crippen LogP contribution in [0.25, 0.3) is 0 Å². The molecule has 2 rings (SSSR count). The van der Waals surface area contributed by atoms with Crippen LogP contribution < -0.4 is 10.1 Å². The number of carbonyl (C=O) groups is 1. The Balaban J connectivity index is 1.84. The van der Waals surface area contributed by atoms with Gasteiger partial charge < -0.3 is 15.0 Å². The van der Waals surface area contributed by atoms with E-state index in [0.717, 1.165) is 38.1 Å². The number of piperidine rings is 1. The molecule has 4 nitrogen and oxygen atoms in total. The molecule has 0 saturated carbocycles. The lowest BCUT2D eigenvalue weighted by molar-refractivity contribution is -0.139. The van der Waals surface area contributed by atoms with Crippen molar-refractivity contribution in [3.05, 3.63) is 29.8 Å². The van der Waals surface area contributed by atoms with Gasteiger partial charge in [-0.1, -0.05) is 6.92 Å². The van der Waals surface area contributed by atoms with Crippen LogP contribution >= 0.6 is 0 Å². The third kappa shape index (κ3) is 4.89. The van der Waals surface area contributed by atoms with E-state index in [9.17, 15) is 13.6 Å². The van der Waals surface area contributed by atoms with Crippen molar-refractivity contribution >= 4 is 5.91 Å². The molecule has 1 fully saturated rings. The molecule has 0 radical (unpaired) electrons. The van der Waals surface area contributed by atoms with E-state index in [4.69, 9.17) is 4.74 Å².